The average molecular weight is 505 g/mol. The molecule has 4 nitrogen and oxygen atoms in total. The molecule has 3 aromatic carbocycles. The zero-order valence-electron chi connectivity index (χ0n) is 20.0. The highest BCUT2D eigenvalue weighted by Gasteiger charge is 2.30. The largest absolute Gasteiger partial charge is 0.349 e. The van der Waals surface area contributed by atoms with Crippen LogP contribution in [0.1, 0.15) is 59.4 Å². The summed E-state index contributed by atoms with van der Waals surface area (Å²) in [5.41, 5.74) is 2.91. The summed E-state index contributed by atoms with van der Waals surface area (Å²) >= 11 is 7.79. The summed E-state index contributed by atoms with van der Waals surface area (Å²) in [5, 5.41) is 3.90. The summed E-state index contributed by atoms with van der Waals surface area (Å²) in [6, 6.07) is 21.1. The Hall–Kier alpha value is -2.76. The van der Waals surface area contributed by atoms with Crippen molar-refractivity contribution in [1.82, 2.24) is 5.32 Å². The van der Waals surface area contributed by atoms with Crippen LogP contribution < -0.4 is 10.2 Å². The van der Waals surface area contributed by atoms with E-state index in [1.165, 1.54) is 6.42 Å². The number of nitrogens with zero attached hydrogens (tertiary/aromatic N) is 1. The predicted molar refractivity (Wildman–Crippen MR) is 142 cm³/mol. The zero-order chi connectivity index (χ0) is 24.5. The summed E-state index contributed by atoms with van der Waals surface area (Å²) in [7, 11) is 0. The van der Waals surface area contributed by atoms with Gasteiger partial charge in [-0.05, 0) is 66.3 Å². The fraction of sp³-hybridized carbons (Fsp3) is 0.310. The number of rotatable bonds is 4. The number of nitrogens with one attached hydrogen (secondary N) is 1. The van der Waals surface area contributed by atoms with Gasteiger partial charge in [-0.3, -0.25) is 9.59 Å². The molecule has 1 saturated carbocycles. The van der Waals surface area contributed by atoms with E-state index in [9.17, 15) is 9.59 Å². The molecular formula is C29H29ClN2O2S. The second-order valence-electron chi connectivity index (χ2n) is 9.65. The number of benzene rings is 3. The zero-order valence-corrected chi connectivity index (χ0v) is 21.5. The van der Waals surface area contributed by atoms with Crippen LogP contribution in [0.3, 0.4) is 0 Å². The van der Waals surface area contributed by atoms with Crippen LogP contribution in [0.4, 0.5) is 5.69 Å². The van der Waals surface area contributed by atoms with Crippen LogP contribution in [0.2, 0.25) is 5.02 Å². The minimum Gasteiger partial charge on any atom is -0.349 e. The maximum absolute atomic E-state index is 13.7. The van der Waals surface area contributed by atoms with E-state index in [2.05, 4.69) is 19.2 Å². The van der Waals surface area contributed by atoms with Crippen molar-refractivity contribution in [3.05, 3.63) is 88.4 Å². The fourth-order valence-electron chi connectivity index (χ4n) is 5.07. The molecule has 0 bridgehead atoms. The highest BCUT2D eigenvalue weighted by molar-refractivity contribution is 7.99. The van der Waals surface area contributed by atoms with Crippen molar-refractivity contribution in [2.45, 2.75) is 55.5 Å². The second-order valence-corrected chi connectivity index (χ2v) is 11.2. The van der Waals surface area contributed by atoms with Crippen molar-refractivity contribution >= 4 is 40.9 Å². The van der Waals surface area contributed by atoms with Crippen LogP contribution in [0.25, 0.3) is 0 Å². The van der Waals surface area contributed by atoms with Gasteiger partial charge in [-0.2, -0.15) is 0 Å². The van der Waals surface area contributed by atoms with Crippen molar-refractivity contribution in [2.75, 3.05) is 4.90 Å². The number of hydrogen-bond donors (Lipinski definition) is 1. The van der Waals surface area contributed by atoms with Crippen LogP contribution in [-0.4, -0.2) is 17.9 Å². The van der Waals surface area contributed by atoms with Gasteiger partial charge >= 0.3 is 0 Å². The van der Waals surface area contributed by atoms with E-state index < -0.39 is 0 Å². The molecule has 180 valence electrons. The maximum Gasteiger partial charge on any atom is 0.259 e. The molecule has 5 rings (SSSR count). The molecule has 35 heavy (non-hydrogen) atoms. The summed E-state index contributed by atoms with van der Waals surface area (Å²) in [6.07, 6.45) is 3.36. The van der Waals surface area contributed by atoms with Crippen LogP contribution >= 0.6 is 23.4 Å². The number of hydrogen-bond acceptors (Lipinski definition) is 3. The lowest BCUT2D eigenvalue weighted by Gasteiger charge is -2.34. The van der Waals surface area contributed by atoms with Gasteiger partial charge in [0.05, 0.1) is 17.8 Å². The minimum absolute atomic E-state index is 0.0827. The average Bonchev–Trinajstić information content (AvgIpc) is 2.96. The monoisotopic (exact) mass is 504 g/mol. The van der Waals surface area contributed by atoms with Gasteiger partial charge in [0.25, 0.3) is 11.8 Å². The van der Waals surface area contributed by atoms with Crippen LogP contribution in [-0.2, 0) is 6.54 Å². The highest BCUT2D eigenvalue weighted by Crippen LogP contribution is 2.42. The number of carbonyl (C=O) groups is 2. The minimum atomic E-state index is -0.0842. The van der Waals surface area contributed by atoms with Gasteiger partial charge in [0, 0.05) is 26.4 Å². The standard InChI is InChI=1S/C29H29ClN2O2S/c1-18-7-5-11-24(19(18)2)31-28(33)21-13-14-27-25(16-21)32(17-20-8-6-9-22(30)15-20)29(34)23-10-3-4-12-26(23)35-27/h3-4,6,8-10,12-16,18-19,24H,5,7,11,17H2,1-2H3,(H,31,33)/t18-,19-,24+/m1/s1. The molecular weight excluding hydrogens is 476 g/mol. The second kappa shape index (κ2) is 10.1. The Bertz CT molecular complexity index is 1280. The van der Waals surface area contributed by atoms with Gasteiger partial charge in [-0.1, -0.05) is 74.3 Å². The molecule has 2 aliphatic rings. The van der Waals surface area contributed by atoms with E-state index >= 15 is 0 Å². The Morgan fingerprint density at radius 3 is 2.69 bits per heavy atom. The Kier molecular flexibility index (Phi) is 6.90. The maximum atomic E-state index is 13.7. The molecule has 1 aliphatic carbocycles. The first-order valence-corrected chi connectivity index (χ1v) is 13.4. The van der Waals surface area contributed by atoms with Gasteiger partial charge in [0.1, 0.15) is 0 Å². The van der Waals surface area contributed by atoms with E-state index in [-0.39, 0.29) is 17.9 Å². The number of fused-ring (bicyclic) bond motifs is 2. The van der Waals surface area contributed by atoms with Crippen LogP contribution in [0, 0.1) is 11.8 Å². The first-order valence-electron chi connectivity index (χ1n) is 12.2. The number of amides is 2. The molecule has 0 saturated heterocycles. The molecule has 1 aliphatic heterocycles. The molecule has 3 atom stereocenters. The SMILES string of the molecule is C[C@@H]1[C@H](C)CCC[C@@H]1NC(=O)c1ccc2c(c1)N(Cc1cccc(Cl)c1)C(=O)c1ccccc1S2. The van der Waals surface area contributed by atoms with Gasteiger partial charge in [-0.25, -0.2) is 0 Å². The van der Waals surface area contributed by atoms with E-state index in [1.54, 1.807) is 16.7 Å². The molecule has 6 heteroatoms. The number of carbonyl (C=O) groups excluding carboxylic acids is 2. The molecule has 0 aromatic heterocycles. The van der Waals surface area contributed by atoms with E-state index in [0.717, 1.165) is 33.9 Å². The highest BCUT2D eigenvalue weighted by atomic mass is 35.5. The number of anilines is 1. The van der Waals surface area contributed by atoms with Crippen molar-refractivity contribution < 1.29 is 9.59 Å². The molecule has 0 radical (unpaired) electrons. The van der Waals surface area contributed by atoms with E-state index in [0.29, 0.717) is 34.5 Å². The molecule has 0 spiro atoms. The summed E-state index contributed by atoms with van der Waals surface area (Å²) in [5.74, 6) is 0.876. The Balaban J connectivity index is 1.51. The van der Waals surface area contributed by atoms with E-state index in [1.807, 2.05) is 66.7 Å². The molecule has 3 aromatic rings. The molecule has 2 amide bonds. The predicted octanol–water partition coefficient (Wildman–Crippen LogP) is 7.21. The lowest BCUT2D eigenvalue weighted by molar-refractivity contribution is 0.0889. The van der Waals surface area contributed by atoms with Gasteiger partial charge in [-0.15, -0.1) is 0 Å². The molecule has 0 unspecified atom stereocenters. The van der Waals surface area contributed by atoms with Gasteiger partial charge in [0.15, 0.2) is 0 Å². The van der Waals surface area contributed by atoms with Crippen molar-refractivity contribution in [3.8, 4) is 0 Å². The van der Waals surface area contributed by atoms with Crippen LogP contribution in [0.15, 0.2) is 76.5 Å². The Morgan fingerprint density at radius 2 is 1.86 bits per heavy atom. The smallest absolute Gasteiger partial charge is 0.259 e. The topological polar surface area (TPSA) is 49.4 Å². The van der Waals surface area contributed by atoms with E-state index in [4.69, 9.17) is 11.6 Å². The van der Waals surface area contributed by atoms with Crippen molar-refractivity contribution in [2.24, 2.45) is 11.8 Å². The summed E-state index contributed by atoms with van der Waals surface area (Å²) < 4.78 is 0. The van der Waals surface area contributed by atoms with Crippen molar-refractivity contribution in [3.63, 3.8) is 0 Å². The molecule has 1 N–H and O–H groups in total. The third-order valence-electron chi connectivity index (χ3n) is 7.35. The number of halogens is 1. The lowest BCUT2D eigenvalue weighted by Crippen LogP contribution is -2.43. The third-order valence-corrected chi connectivity index (χ3v) is 8.72. The van der Waals surface area contributed by atoms with Crippen molar-refractivity contribution in [1.29, 1.82) is 0 Å². The Labute approximate surface area is 216 Å². The van der Waals surface area contributed by atoms with Crippen LogP contribution in [0.5, 0.6) is 0 Å². The normalized spacial score (nSPS) is 21.6. The third kappa shape index (κ3) is 4.98. The van der Waals surface area contributed by atoms with Gasteiger partial charge in [0.2, 0.25) is 0 Å². The summed E-state index contributed by atoms with van der Waals surface area (Å²) in [4.78, 5) is 30.7. The summed E-state index contributed by atoms with van der Waals surface area (Å²) in [6.45, 7) is 4.86. The Morgan fingerprint density at radius 1 is 1.03 bits per heavy atom. The fourth-order valence-corrected chi connectivity index (χ4v) is 6.35. The first-order chi connectivity index (χ1) is 16.9. The lowest BCUT2D eigenvalue weighted by atomic mass is 9.78. The quantitative estimate of drug-likeness (QED) is 0.408. The van der Waals surface area contributed by atoms with Gasteiger partial charge < -0.3 is 10.2 Å². The molecule has 1 heterocycles. The molecule has 1 fully saturated rings. The first kappa shape index (κ1) is 24.0.